The first-order valence-corrected chi connectivity index (χ1v) is 7.97. The summed E-state index contributed by atoms with van der Waals surface area (Å²) in [6, 6.07) is 11.0. The molecule has 4 aromatic rings. The number of rotatable bonds is 2. The zero-order valence-electron chi connectivity index (χ0n) is 11.7. The van der Waals surface area contributed by atoms with Gasteiger partial charge in [0.25, 0.3) is 5.56 Å². The fourth-order valence-corrected chi connectivity index (χ4v) is 3.20. The number of nitrogens with zero attached hydrogens (tertiary/aromatic N) is 4. The molecule has 7 heteroatoms. The van der Waals surface area contributed by atoms with Gasteiger partial charge in [-0.1, -0.05) is 35.1 Å². The van der Waals surface area contributed by atoms with Gasteiger partial charge in [0.1, 0.15) is 0 Å². The van der Waals surface area contributed by atoms with Gasteiger partial charge in [-0.15, -0.1) is 5.10 Å². The number of thiazole rings is 1. The van der Waals surface area contributed by atoms with Gasteiger partial charge < -0.3 is 0 Å². The summed E-state index contributed by atoms with van der Waals surface area (Å²) in [5.41, 5.74) is 1.51. The van der Waals surface area contributed by atoms with Crippen LogP contribution in [-0.4, -0.2) is 19.6 Å². The highest BCUT2D eigenvalue weighted by atomic mass is 35.5. The molecule has 23 heavy (non-hydrogen) atoms. The Morgan fingerprint density at radius 3 is 2.70 bits per heavy atom. The van der Waals surface area contributed by atoms with E-state index in [0.717, 1.165) is 11.1 Å². The molecule has 0 bridgehead atoms. The summed E-state index contributed by atoms with van der Waals surface area (Å²) < 4.78 is 1.91. The Bertz CT molecular complexity index is 1090. The van der Waals surface area contributed by atoms with E-state index in [-0.39, 0.29) is 5.56 Å². The van der Waals surface area contributed by atoms with Crippen molar-refractivity contribution in [3.8, 4) is 11.4 Å². The Morgan fingerprint density at radius 2 is 2.00 bits per heavy atom. The molecule has 5 nitrogen and oxygen atoms in total. The minimum absolute atomic E-state index is 0.178. The number of benzene rings is 1. The largest absolute Gasteiger partial charge is 0.291 e. The first-order chi connectivity index (χ1) is 11.2. The van der Waals surface area contributed by atoms with Crippen molar-refractivity contribution in [2.45, 2.75) is 0 Å². The highest BCUT2D eigenvalue weighted by Gasteiger charge is 2.11. The lowest BCUT2D eigenvalue weighted by Gasteiger charge is -1.91. The summed E-state index contributed by atoms with van der Waals surface area (Å²) in [7, 11) is 0. The minimum atomic E-state index is -0.178. The number of hydrogen-bond acceptors (Lipinski definition) is 5. The van der Waals surface area contributed by atoms with Gasteiger partial charge in [-0.3, -0.25) is 9.78 Å². The van der Waals surface area contributed by atoms with Crippen LogP contribution in [0.2, 0.25) is 5.02 Å². The molecule has 1 aromatic carbocycles. The van der Waals surface area contributed by atoms with E-state index in [9.17, 15) is 4.79 Å². The smallest absolute Gasteiger partial charge is 0.266 e. The van der Waals surface area contributed by atoms with Crippen molar-refractivity contribution < 1.29 is 0 Å². The third-order valence-corrected chi connectivity index (χ3v) is 4.48. The van der Waals surface area contributed by atoms with Crippen molar-refractivity contribution in [3.63, 3.8) is 0 Å². The van der Waals surface area contributed by atoms with Gasteiger partial charge in [0.05, 0.1) is 4.53 Å². The number of aromatic nitrogens is 4. The van der Waals surface area contributed by atoms with Crippen molar-refractivity contribution in [3.05, 3.63) is 74.3 Å². The van der Waals surface area contributed by atoms with Crippen molar-refractivity contribution in [1.29, 1.82) is 0 Å². The van der Waals surface area contributed by atoms with Crippen molar-refractivity contribution in [1.82, 2.24) is 19.6 Å². The van der Waals surface area contributed by atoms with Gasteiger partial charge in [-0.25, -0.2) is 0 Å². The van der Waals surface area contributed by atoms with Gasteiger partial charge in [0.2, 0.25) is 4.96 Å². The molecule has 0 aliphatic rings. The number of pyridine rings is 1. The lowest BCUT2D eigenvalue weighted by molar-refractivity contribution is 0.936. The van der Waals surface area contributed by atoms with Crippen LogP contribution >= 0.6 is 22.9 Å². The van der Waals surface area contributed by atoms with Crippen LogP contribution in [0.25, 0.3) is 22.4 Å². The summed E-state index contributed by atoms with van der Waals surface area (Å²) >= 11 is 7.17. The zero-order chi connectivity index (χ0) is 15.8. The molecular formula is C16H9ClN4OS. The molecule has 4 rings (SSSR count). The van der Waals surface area contributed by atoms with E-state index in [4.69, 9.17) is 11.6 Å². The Kier molecular flexibility index (Phi) is 3.40. The van der Waals surface area contributed by atoms with E-state index in [1.807, 2.05) is 30.3 Å². The SMILES string of the molecule is O=c1/c(=C/c2ccc(Cl)cc2)sc2nc(-c3cccnc3)nn12. The molecule has 0 amide bonds. The van der Waals surface area contributed by atoms with Gasteiger partial charge >= 0.3 is 0 Å². The van der Waals surface area contributed by atoms with Crippen LogP contribution in [0, 0.1) is 0 Å². The third kappa shape index (κ3) is 2.62. The molecule has 0 N–H and O–H groups in total. The number of fused-ring (bicyclic) bond motifs is 1. The van der Waals surface area contributed by atoms with Crippen LogP contribution in [0.15, 0.2) is 53.6 Å². The molecular weight excluding hydrogens is 332 g/mol. The first-order valence-electron chi connectivity index (χ1n) is 6.78. The van der Waals surface area contributed by atoms with Gasteiger partial charge in [0.15, 0.2) is 5.82 Å². The fourth-order valence-electron chi connectivity index (χ4n) is 2.16. The second kappa shape index (κ2) is 5.57. The van der Waals surface area contributed by atoms with Crippen LogP contribution in [-0.2, 0) is 0 Å². The fraction of sp³-hybridized carbons (Fsp3) is 0. The average Bonchev–Trinajstić information content (AvgIpc) is 3.11. The Labute approximate surface area is 139 Å². The highest BCUT2D eigenvalue weighted by molar-refractivity contribution is 7.15. The van der Waals surface area contributed by atoms with Crippen LogP contribution in [0.4, 0.5) is 0 Å². The van der Waals surface area contributed by atoms with Crippen LogP contribution in [0.1, 0.15) is 5.56 Å². The lowest BCUT2D eigenvalue weighted by atomic mass is 10.2. The zero-order valence-corrected chi connectivity index (χ0v) is 13.3. The number of hydrogen-bond donors (Lipinski definition) is 0. The molecule has 0 unspecified atom stereocenters. The molecule has 3 heterocycles. The molecule has 0 aliphatic carbocycles. The van der Waals surface area contributed by atoms with Crippen molar-refractivity contribution in [2.75, 3.05) is 0 Å². The summed E-state index contributed by atoms with van der Waals surface area (Å²) in [5.74, 6) is 0.500. The molecule has 0 atom stereocenters. The predicted molar refractivity (Wildman–Crippen MR) is 90.6 cm³/mol. The summed E-state index contributed by atoms with van der Waals surface area (Å²) in [6.07, 6.45) is 5.16. The Hall–Kier alpha value is -2.57. The van der Waals surface area contributed by atoms with Crippen molar-refractivity contribution >= 4 is 34.0 Å². The Balaban J connectivity index is 1.82. The highest BCUT2D eigenvalue weighted by Crippen LogP contribution is 2.15. The van der Waals surface area contributed by atoms with E-state index in [2.05, 4.69) is 15.1 Å². The molecule has 0 saturated heterocycles. The van der Waals surface area contributed by atoms with E-state index in [1.165, 1.54) is 15.9 Å². The lowest BCUT2D eigenvalue weighted by Crippen LogP contribution is -2.23. The first kappa shape index (κ1) is 14.0. The van der Waals surface area contributed by atoms with Gasteiger partial charge in [-0.2, -0.15) is 9.50 Å². The van der Waals surface area contributed by atoms with Crippen molar-refractivity contribution in [2.24, 2.45) is 0 Å². The monoisotopic (exact) mass is 340 g/mol. The molecule has 0 radical (unpaired) electrons. The van der Waals surface area contributed by atoms with E-state index in [0.29, 0.717) is 20.3 Å². The predicted octanol–water partition coefficient (Wildman–Crippen LogP) is 2.41. The third-order valence-electron chi connectivity index (χ3n) is 3.27. The van der Waals surface area contributed by atoms with Gasteiger partial charge in [-0.05, 0) is 35.9 Å². The van der Waals surface area contributed by atoms with Gasteiger partial charge in [0, 0.05) is 23.0 Å². The second-order valence-electron chi connectivity index (χ2n) is 4.84. The summed E-state index contributed by atoms with van der Waals surface area (Å²) in [5, 5.41) is 4.94. The minimum Gasteiger partial charge on any atom is -0.266 e. The molecule has 112 valence electrons. The Morgan fingerprint density at radius 1 is 1.17 bits per heavy atom. The molecule has 0 spiro atoms. The van der Waals surface area contributed by atoms with Crippen LogP contribution < -0.4 is 10.1 Å². The topological polar surface area (TPSA) is 60.2 Å². The van der Waals surface area contributed by atoms with E-state index >= 15 is 0 Å². The quantitative estimate of drug-likeness (QED) is 0.562. The summed E-state index contributed by atoms with van der Waals surface area (Å²) in [6.45, 7) is 0. The molecule has 3 aromatic heterocycles. The average molecular weight is 341 g/mol. The van der Waals surface area contributed by atoms with E-state index < -0.39 is 0 Å². The number of halogens is 1. The standard InChI is InChI=1S/C16H9ClN4OS/c17-12-5-3-10(4-6-12)8-13-15(22)21-16(23-13)19-14(20-21)11-2-1-7-18-9-11/h1-9H/b13-8-. The molecule has 0 fully saturated rings. The normalized spacial score (nSPS) is 12.1. The van der Waals surface area contributed by atoms with E-state index in [1.54, 1.807) is 24.5 Å². The molecule has 0 saturated carbocycles. The van der Waals surface area contributed by atoms with Crippen LogP contribution in [0.3, 0.4) is 0 Å². The summed E-state index contributed by atoms with van der Waals surface area (Å²) in [4.78, 5) is 21.5. The second-order valence-corrected chi connectivity index (χ2v) is 6.28. The molecule has 0 aliphatic heterocycles. The maximum atomic E-state index is 12.4. The maximum absolute atomic E-state index is 12.4. The van der Waals surface area contributed by atoms with Crippen LogP contribution in [0.5, 0.6) is 0 Å². The maximum Gasteiger partial charge on any atom is 0.291 e.